The normalized spacial score (nSPS) is 22.2. The molecule has 1 aliphatic carbocycles. The summed E-state index contributed by atoms with van der Waals surface area (Å²) in [6.45, 7) is 2.10. The predicted octanol–water partition coefficient (Wildman–Crippen LogP) is 2.29. The van der Waals surface area contributed by atoms with E-state index in [1.54, 1.807) is 0 Å². The lowest BCUT2D eigenvalue weighted by atomic mass is 10.1. The van der Waals surface area contributed by atoms with Gasteiger partial charge in [-0.05, 0) is 28.7 Å². The first-order chi connectivity index (χ1) is 8.99. The van der Waals surface area contributed by atoms with Crippen molar-refractivity contribution in [3.63, 3.8) is 0 Å². The van der Waals surface area contributed by atoms with E-state index in [2.05, 4.69) is 17.2 Å². The van der Waals surface area contributed by atoms with Gasteiger partial charge in [0.2, 0.25) is 0 Å². The van der Waals surface area contributed by atoms with Crippen molar-refractivity contribution >= 4 is 17.5 Å². The molecule has 2 N–H and O–H groups in total. The van der Waals surface area contributed by atoms with Crippen LogP contribution in [0.4, 0.5) is 11.5 Å². The predicted molar refractivity (Wildman–Crippen MR) is 68.3 cm³/mol. The van der Waals surface area contributed by atoms with Crippen LogP contribution in [0.2, 0.25) is 0 Å². The molecular weight excluding hydrogens is 250 g/mol. The van der Waals surface area contributed by atoms with Crippen LogP contribution in [0.15, 0.2) is 12.3 Å². The van der Waals surface area contributed by atoms with Gasteiger partial charge >= 0.3 is 11.8 Å². The highest BCUT2D eigenvalue weighted by Crippen LogP contribution is 2.29. The molecule has 0 aliphatic heterocycles. The molecule has 2 rings (SSSR count). The van der Waals surface area contributed by atoms with Crippen molar-refractivity contribution in [3.8, 4) is 0 Å². The first kappa shape index (κ1) is 13.3. The van der Waals surface area contributed by atoms with E-state index in [-0.39, 0.29) is 11.6 Å². The van der Waals surface area contributed by atoms with Crippen LogP contribution in [0.1, 0.15) is 36.5 Å². The number of rotatable bonds is 4. The first-order valence-corrected chi connectivity index (χ1v) is 6.13. The molecular formula is C12H15N3O4. The largest absolute Gasteiger partial charge is 0.478 e. The molecule has 2 unspecified atom stereocenters. The molecule has 2 atom stereocenters. The summed E-state index contributed by atoms with van der Waals surface area (Å²) in [5, 5.41) is 22.9. The fourth-order valence-corrected chi connectivity index (χ4v) is 2.40. The summed E-state index contributed by atoms with van der Waals surface area (Å²) < 4.78 is 0. The number of aromatic nitrogens is 1. The van der Waals surface area contributed by atoms with Crippen LogP contribution in [0.25, 0.3) is 0 Å². The van der Waals surface area contributed by atoms with Crippen molar-refractivity contribution in [1.29, 1.82) is 0 Å². The highest BCUT2D eigenvalue weighted by Gasteiger charge is 2.26. The van der Waals surface area contributed by atoms with Crippen molar-refractivity contribution in [1.82, 2.24) is 4.98 Å². The number of nitrogens with zero attached hydrogens (tertiary/aromatic N) is 2. The number of anilines is 1. The Bertz CT molecular complexity index is 518. The molecule has 1 saturated carbocycles. The molecule has 1 fully saturated rings. The van der Waals surface area contributed by atoms with Gasteiger partial charge < -0.3 is 20.5 Å². The Labute approximate surface area is 109 Å². The van der Waals surface area contributed by atoms with Crippen molar-refractivity contribution in [2.75, 3.05) is 5.32 Å². The van der Waals surface area contributed by atoms with E-state index in [1.807, 2.05) is 0 Å². The van der Waals surface area contributed by atoms with Crippen molar-refractivity contribution in [3.05, 3.63) is 27.9 Å². The molecule has 0 bridgehead atoms. The standard InChI is InChI=1S/C12H15N3O4/c1-7-3-2-4-9(7)14-10-6-13-11(15(18)19)5-8(10)12(16)17/h5-7,9,14H,2-4H2,1H3,(H,16,17). The zero-order valence-electron chi connectivity index (χ0n) is 10.5. The SMILES string of the molecule is CC1CCCC1Nc1cnc([N+](=O)[O-])cc1C(=O)O. The number of nitro groups is 1. The van der Waals surface area contributed by atoms with Crippen LogP contribution in [0.3, 0.4) is 0 Å². The third-order valence-electron chi connectivity index (χ3n) is 3.51. The molecule has 7 heteroatoms. The van der Waals surface area contributed by atoms with E-state index in [4.69, 9.17) is 5.11 Å². The third-order valence-corrected chi connectivity index (χ3v) is 3.51. The summed E-state index contributed by atoms with van der Waals surface area (Å²) in [5.41, 5.74) is 0.234. The smallest absolute Gasteiger partial charge is 0.364 e. The zero-order valence-corrected chi connectivity index (χ0v) is 10.5. The fourth-order valence-electron chi connectivity index (χ4n) is 2.40. The Balaban J connectivity index is 2.29. The van der Waals surface area contributed by atoms with Gasteiger partial charge in [-0.1, -0.05) is 13.3 Å². The quantitative estimate of drug-likeness (QED) is 0.639. The second kappa shape index (κ2) is 5.21. The lowest BCUT2D eigenvalue weighted by Crippen LogP contribution is -2.23. The Morgan fingerprint density at radius 1 is 1.58 bits per heavy atom. The van der Waals surface area contributed by atoms with E-state index < -0.39 is 16.7 Å². The molecule has 1 heterocycles. The molecule has 1 aromatic rings. The lowest BCUT2D eigenvalue weighted by molar-refractivity contribution is -0.389. The number of carboxylic acids is 1. The van der Waals surface area contributed by atoms with Gasteiger partial charge in [-0.25, -0.2) is 4.79 Å². The second-order valence-corrected chi connectivity index (χ2v) is 4.81. The minimum Gasteiger partial charge on any atom is -0.478 e. The third kappa shape index (κ3) is 2.81. The number of pyridine rings is 1. The Hall–Kier alpha value is -2.18. The van der Waals surface area contributed by atoms with E-state index in [1.165, 1.54) is 6.20 Å². The van der Waals surface area contributed by atoms with Gasteiger partial charge in [0.25, 0.3) is 0 Å². The van der Waals surface area contributed by atoms with Gasteiger partial charge in [0, 0.05) is 6.04 Å². The highest BCUT2D eigenvalue weighted by atomic mass is 16.6. The number of nitrogens with one attached hydrogen (secondary N) is 1. The molecule has 0 amide bonds. The van der Waals surface area contributed by atoms with E-state index in [0.29, 0.717) is 11.6 Å². The number of carboxylic acid groups (broad SMARTS) is 1. The summed E-state index contributed by atoms with van der Waals surface area (Å²) in [7, 11) is 0. The summed E-state index contributed by atoms with van der Waals surface area (Å²) >= 11 is 0. The second-order valence-electron chi connectivity index (χ2n) is 4.81. The minimum absolute atomic E-state index is 0.110. The fraction of sp³-hybridized carbons (Fsp3) is 0.500. The summed E-state index contributed by atoms with van der Waals surface area (Å²) in [5.74, 6) is -1.20. The van der Waals surface area contributed by atoms with Gasteiger partial charge in [0.15, 0.2) is 6.20 Å². The van der Waals surface area contributed by atoms with Crippen LogP contribution in [0, 0.1) is 16.0 Å². The monoisotopic (exact) mass is 265 g/mol. The molecule has 0 saturated heterocycles. The van der Waals surface area contributed by atoms with Crippen LogP contribution < -0.4 is 5.32 Å². The van der Waals surface area contributed by atoms with E-state index >= 15 is 0 Å². The zero-order chi connectivity index (χ0) is 14.0. The molecule has 19 heavy (non-hydrogen) atoms. The topological polar surface area (TPSA) is 105 Å². The maximum absolute atomic E-state index is 11.2. The lowest BCUT2D eigenvalue weighted by Gasteiger charge is -2.18. The number of carbonyl (C=O) groups is 1. The summed E-state index contributed by atoms with van der Waals surface area (Å²) in [4.78, 5) is 24.7. The Morgan fingerprint density at radius 2 is 2.32 bits per heavy atom. The molecule has 0 radical (unpaired) electrons. The summed E-state index contributed by atoms with van der Waals surface area (Å²) in [6.07, 6.45) is 4.39. The molecule has 1 aromatic heterocycles. The van der Waals surface area contributed by atoms with Crippen LogP contribution in [-0.4, -0.2) is 27.0 Å². The molecule has 0 spiro atoms. The number of hydrogen-bond acceptors (Lipinski definition) is 5. The number of aromatic carboxylic acids is 1. The minimum atomic E-state index is -1.20. The van der Waals surface area contributed by atoms with Gasteiger partial charge in [-0.2, -0.15) is 0 Å². The van der Waals surface area contributed by atoms with E-state index in [0.717, 1.165) is 25.3 Å². The Morgan fingerprint density at radius 3 is 2.84 bits per heavy atom. The number of hydrogen-bond donors (Lipinski definition) is 2. The van der Waals surface area contributed by atoms with Gasteiger partial charge in [-0.3, -0.25) is 0 Å². The van der Waals surface area contributed by atoms with Crippen molar-refractivity contribution in [2.45, 2.75) is 32.2 Å². The highest BCUT2D eigenvalue weighted by molar-refractivity contribution is 5.94. The molecule has 7 nitrogen and oxygen atoms in total. The van der Waals surface area contributed by atoms with E-state index in [9.17, 15) is 14.9 Å². The van der Waals surface area contributed by atoms with Gasteiger partial charge in [0.1, 0.15) is 0 Å². The molecule has 102 valence electrons. The van der Waals surface area contributed by atoms with Crippen molar-refractivity contribution in [2.24, 2.45) is 5.92 Å². The first-order valence-electron chi connectivity index (χ1n) is 6.13. The van der Waals surface area contributed by atoms with Crippen LogP contribution >= 0.6 is 0 Å². The molecule has 0 aromatic carbocycles. The Kier molecular flexibility index (Phi) is 3.64. The van der Waals surface area contributed by atoms with Crippen LogP contribution in [-0.2, 0) is 0 Å². The average Bonchev–Trinajstić information content (AvgIpc) is 2.75. The van der Waals surface area contributed by atoms with Crippen molar-refractivity contribution < 1.29 is 14.8 Å². The maximum Gasteiger partial charge on any atom is 0.364 e. The van der Waals surface area contributed by atoms with Gasteiger partial charge in [-0.15, -0.1) is 0 Å². The van der Waals surface area contributed by atoms with Gasteiger partial charge in [0.05, 0.1) is 17.3 Å². The van der Waals surface area contributed by atoms with Crippen LogP contribution in [0.5, 0.6) is 0 Å². The average molecular weight is 265 g/mol. The summed E-state index contributed by atoms with van der Waals surface area (Å²) in [6, 6.07) is 1.19. The maximum atomic E-state index is 11.2. The molecule has 1 aliphatic rings.